The Balaban J connectivity index is 2.35. The minimum atomic E-state index is 0.0548. The number of carbonyl (C=O) groups is 1. The highest BCUT2D eigenvalue weighted by molar-refractivity contribution is 5.95. The highest BCUT2D eigenvalue weighted by atomic mass is 16.5. The van der Waals surface area contributed by atoms with Crippen LogP contribution >= 0.6 is 0 Å². The van der Waals surface area contributed by atoms with Crippen LogP contribution in [0.3, 0.4) is 0 Å². The summed E-state index contributed by atoms with van der Waals surface area (Å²) in [7, 11) is 1.61. The van der Waals surface area contributed by atoms with Gasteiger partial charge in [0.1, 0.15) is 5.75 Å². The Kier molecular flexibility index (Phi) is 3.10. The molecule has 1 atom stereocenters. The van der Waals surface area contributed by atoms with Gasteiger partial charge in [-0.1, -0.05) is 6.07 Å². The van der Waals surface area contributed by atoms with Gasteiger partial charge in [0, 0.05) is 18.2 Å². The van der Waals surface area contributed by atoms with E-state index < -0.39 is 0 Å². The molecule has 1 aromatic rings. The molecule has 0 saturated heterocycles. The Morgan fingerprint density at radius 2 is 2.38 bits per heavy atom. The Labute approximate surface area is 94.8 Å². The van der Waals surface area contributed by atoms with Gasteiger partial charge in [0.05, 0.1) is 7.11 Å². The van der Waals surface area contributed by atoms with Crippen molar-refractivity contribution in [1.29, 1.82) is 0 Å². The van der Waals surface area contributed by atoms with E-state index in [1.807, 2.05) is 18.2 Å². The number of ether oxygens (including phenoxy) is 1. The lowest BCUT2D eigenvalue weighted by molar-refractivity contribution is -0.116. The van der Waals surface area contributed by atoms with Crippen molar-refractivity contribution in [3.05, 3.63) is 23.8 Å². The van der Waals surface area contributed by atoms with Gasteiger partial charge >= 0.3 is 0 Å². The van der Waals surface area contributed by atoms with Crippen LogP contribution in [0.15, 0.2) is 18.2 Å². The number of anilines is 1. The zero-order valence-corrected chi connectivity index (χ0v) is 9.32. The first-order valence-electron chi connectivity index (χ1n) is 5.42. The molecule has 0 radical (unpaired) electrons. The lowest BCUT2D eigenvalue weighted by Gasteiger charge is -2.25. The summed E-state index contributed by atoms with van der Waals surface area (Å²) in [6, 6.07) is 5.78. The van der Waals surface area contributed by atoms with Crippen molar-refractivity contribution in [3.8, 4) is 5.75 Å². The van der Waals surface area contributed by atoms with Crippen LogP contribution in [0.4, 0.5) is 5.69 Å². The molecular weight excluding hydrogens is 204 g/mol. The Bertz CT molecular complexity index is 404. The molecule has 16 heavy (non-hydrogen) atoms. The van der Waals surface area contributed by atoms with Crippen molar-refractivity contribution < 1.29 is 9.53 Å². The molecule has 1 aliphatic rings. The summed E-state index contributed by atoms with van der Waals surface area (Å²) in [6.45, 7) is 0.601. The Morgan fingerprint density at radius 3 is 3.06 bits per heavy atom. The minimum absolute atomic E-state index is 0.0548. The minimum Gasteiger partial charge on any atom is -0.497 e. The van der Waals surface area contributed by atoms with E-state index in [2.05, 4.69) is 5.32 Å². The summed E-state index contributed by atoms with van der Waals surface area (Å²) in [6.07, 6.45) is 1.36. The smallest absolute Gasteiger partial charge is 0.224 e. The SMILES string of the molecule is COc1ccc2c(c1)NC(=O)CC2CCN. The third-order valence-corrected chi connectivity index (χ3v) is 2.92. The monoisotopic (exact) mass is 220 g/mol. The second-order valence-electron chi connectivity index (χ2n) is 3.98. The second kappa shape index (κ2) is 4.53. The Hall–Kier alpha value is -1.55. The largest absolute Gasteiger partial charge is 0.497 e. The average molecular weight is 220 g/mol. The fraction of sp³-hybridized carbons (Fsp3) is 0.417. The molecule has 0 spiro atoms. The van der Waals surface area contributed by atoms with E-state index in [9.17, 15) is 4.79 Å². The zero-order valence-electron chi connectivity index (χ0n) is 9.32. The number of hydrogen-bond acceptors (Lipinski definition) is 3. The fourth-order valence-electron chi connectivity index (χ4n) is 2.12. The first-order chi connectivity index (χ1) is 7.74. The maximum Gasteiger partial charge on any atom is 0.224 e. The van der Waals surface area contributed by atoms with E-state index in [4.69, 9.17) is 10.5 Å². The van der Waals surface area contributed by atoms with Gasteiger partial charge in [0.25, 0.3) is 0 Å². The second-order valence-corrected chi connectivity index (χ2v) is 3.98. The average Bonchev–Trinajstić information content (AvgIpc) is 2.28. The van der Waals surface area contributed by atoms with Crippen LogP contribution < -0.4 is 15.8 Å². The number of methoxy groups -OCH3 is 1. The number of nitrogens with two attached hydrogens (primary N) is 1. The molecule has 1 aliphatic heterocycles. The predicted molar refractivity (Wildman–Crippen MR) is 62.7 cm³/mol. The highest BCUT2D eigenvalue weighted by Crippen LogP contribution is 2.36. The number of rotatable bonds is 3. The third-order valence-electron chi connectivity index (χ3n) is 2.92. The fourth-order valence-corrected chi connectivity index (χ4v) is 2.12. The highest BCUT2D eigenvalue weighted by Gasteiger charge is 2.24. The molecule has 2 rings (SSSR count). The molecule has 3 N–H and O–H groups in total. The van der Waals surface area contributed by atoms with Crippen LogP contribution in [0, 0.1) is 0 Å². The van der Waals surface area contributed by atoms with Crippen LogP contribution in [-0.4, -0.2) is 19.6 Å². The van der Waals surface area contributed by atoms with E-state index in [0.29, 0.717) is 13.0 Å². The van der Waals surface area contributed by atoms with Gasteiger partial charge in [-0.2, -0.15) is 0 Å². The molecule has 1 heterocycles. The molecule has 1 unspecified atom stereocenters. The zero-order chi connectivity index (χ0) is 11.5. The van der Waals surface area contributed by atoms with Crippen molar-refractivity contribution in [2.24, 2.45) is 5.73 Å². The maximum absolute atomic E-state index is 11.5. The molecule has 86 valence electrons. The molecule has 4 heteroatoms. The third kappa shape index (κ3) is 2.02. The van der Waals surface area contributed by atoms with Crippen LogP contribution in [-0.2, 0) is 4.79 Å². The lowest BCUT2D eigenvalue weighted by Crippen LogP contribution is -2.24. The van der Waals surface area contributed by atoms with Gasteiger partial charge in [-0.25, -0.2) is 0 Å². The molecule has 0 bridgehead atoms. The van der Waals surface area contributed by atoms with Gasteiger partial charge in [0.15, 0.2) is 0 Å². The van der Waals surface area contributed by atoms with Crippen molar-refractivity contribution in [1.82, 2.24) is 0 Å². The van der Waals surface area contributed by atoms with E-state index in [1.54, 1.807) is 7.11 Å². The normalized spacial score (nSPS) is 18.9. The predicted octanol–water partition coefficient (Wildman–Crippen LogP) is 1.47. The number of hydrogen-bond donors (Lipinski definition) is 2. The molecule has 1 aromatic carbocycles. The molecule has 1 amide bonds. The van der Waals surface area contributed by atoms with Crippen LogP contribution in [0.25, 0.3) is 0 Å². The number of fused-ring (bicyclic) bond motifs is 1. The van der Waals surface area contributed by atoms with Crippen LogP contribution in [0.1, 0.15) is 24.3 Å². The molecule has 0 aliphatic carbocycles. The summed E-state index contributed by atoms with van der Waals surface area (Å²) in [5.74, 6) is 1.05. The molecule has 4 nitrogen and oxygen atoms in total. The summed E-state index contributed by atoms with van der Waals surface area (Å²) in [5, 5.41) is 2.86. The molecule has 0 saturated carbocycles. The van der Waals surface area contributed by atoms with Gasteiger partial charge in [-0.05, 0) is 30.5 Å². The van der Waals surface area contributed by atoms with Crippen LogP contribution in [0.5, 0.6) is 5.75 Å². The van der Waals surface area contributed by atoms with Crippen molar-refractivity contribution in [3.63, 3.8) is 0 Å². The molecule has 0 aromatic heterocycles. The number of nitrogens with one attached hydrogen (secondary N) is 1. The number of amides is 1. The van der Waals surface area contributed by atoms with E-state index in [0.717, 1.165) is 23.4 Å². The maximum atomic E-state index is 11.5. The van der Waals surface area contributed by atoms with E-state index >= 15 is 0 Å². The van der Waals surface area contributed by atoms with E-state index in [-0.39, 0.29) is 11.8 Å². The number of benzene rings is 1. The van der Waals surface area contributed by atoms with Gasteiger partial charge in [0.2, 0.25) is 5.91 Å². The summed E-state index contributed by atoms with van der Waals surface area (Å²) < 4.78 is 5.13. The number of carbonyl (C=O) groups excluding carboxylic acids is 1. The van der Waals surface area contributed by atoms with Crippen molar-refractivity contribution in [2.45, 2.75) is 18.8 Å². The first-order valence-corrected chi connectivity index (χ1v) is 5.42. The summed E-state index contributed by atoms with van der Waals surface area (Å²) in [5.41, 5.74) is 7.58. The Morgan fingerprint density at radius 1 is 1.56 bits per heavy atom. The van der Waals surface area contributed by atoms with Crippen LogP contribution in [0.2, 0.25) is 0 Å². The summed E-state index contributed by atoms with van der Waals surface area (Å²) >= 11 is 0. The molecule has 0 fully saturated rings. The van der Waals surface area contributed by atoms with Gasteiger partial charge in [-0.15, -0.1) is 0 Å². The summed E-state index contributed by atoms with van der Waals surface area (Å²) in [4.78, 5) is 11.5. The lowest BCUT2D eigenvalue weighted by atomic mass is 9.88. The van der Waals surface area contributed by atoms with Gasteiger partial charge < -0.3 is 15.8 Å². The standard InChI is InChI=1S/C12H16N2O2/c1-16-9-2-3-10-8(4-5-13)6-12(15)14-11(10)7-9/h2-3,7-8H,4-6,13H2,1H3,(H,14,15). The molecular formula is C12H16N2O2. The van der Waals surface area contributed by atoms with Gasteiger partial charge in [-0.3, -0.25) is 4.79 Å². The topological polar surface area (TPSA) is 64.3 Å². The van der Waals surface area contributed by atoms with Crippen molar-refractivity contribution >= 4 is 11.6 Å². The van der Waals surface area contributed by atoms with E-state index in [1.165, 1.54) is 0 Å². The quantitative estimate of drug-likeness (QED) is 0.810. The first kappa shape index (κ1) is 11.0. The van der Waals surface area contributed by atoms with Crippen molar-refractivity contribution in [2.75, 3.05) is 19.0 Å².